The molecule has 2 atom stereocenters. The molecule has 0 bridgehead atoms. The molecule has 7 heteroatoms. The van der Waals surface area contributed by atoms with E-state index in [1.165, 1.54) is 0 Å². The van der Waals surface area contributed by atoms with Crippen LogP contribution < -0.4 is 0 Å². The summed E-state index contributed by atoms with van der Waals surface area (Å²) >= 11 is 0. The molecule has 1 aromatic carbocycles. The summed E-state index contributed by atoms with van der Waals surface area (Å²) < 4.78 is 77.8. The van der Waals surface area contributed by atoms with Gasteiger partial charge in [-0.2, -0.15) is 13.2 Å². The molecule has 0 aromatic heterocycles. The van der Waals surface area contributed by atoms with Crippen LogP contribution in [0.25, 0.3) is 0 Å². The summed E-state index contributed by atoms with van der Waals surface area (Å²) in [5, 5.41) is 10.2. The van der Waals surface area contributed by atoms with Gasteiger partial charge >= 0.3 is 6.18 Å². The molecule has 2 rings (SSSR count). The molecule has 1 aliphatic rings. The van der Waals surface area contributed by atoms with E-state index in [9.17, 15) is 31.4 Å². The van der Waals surface area contributed by atoms with E-state index in [2.05, 4.69) is 0 Å². The Morgan fingerprint density at radius 1 is 1.10 bits per heavy atom. The lowest BCUT2D eigenvalue weighted by Crippen LogP contribution is -2.39. The van der Waals surface area contributed by atoms with E-state index < -0.39 is 47.1 Å². The van der Waals surface area contributed by atoms with Crippen molar-refractivity contribution in [2.45, 2.75) is 37.5 Å². The average Bonchev–Trinajstić information content (AvgIpc) is 2.35. The van der Waals surface area contributed by atoms with Gasteiger partial charge in [-0.15, -0.1) is 0 Å². The Morgan fingerprint density at radius 3 is 2.35 bits per heavy atom. The minimum atomic E-state index is -4.51. The predicted molar refractivity (Wildman–Crippen MR) is 58.2 cm³/mol. The first kappa shape index (κ1) is 15.2. The van der Waals surface area contributed by atoms with Gasteiger partial charge in [-0.05, 0) is 31.7 Å². The highest BCUT2D eigenvalue weighted by Gasteiger charge is 2.48. The van der Waals surface area contributed by atoms with Crippen LogP contribution in [0.5, 0.6) is 0 Å². The highest BCUT2D eigenvalue weighted by molar-refractivity contribution is 5.27. The first-order chi connectivity index (χ1) is 9.15. The minimum Gasteiger partial charge on any atom is -0.385 e. The molecule has 0 radical (unpaired) electrons. The van der Waals surface area contributed by atoms with Crippen LogP contribution in [-0.2, 0) is 5.60 Å². The molecule has 1 N–H and O–H groups in total. The standard InChI is InChI=1S/C13H12F6O/c14-9-4-3-8(10(15)11(9)16)12(20)5-1-2-7(6-12)13(17,18)19/h3-4,7,20H,1-2,5-6H2. The zero-order chi connectivity index (χ0) is 15.1. The maximum Gasteiger partial charge on any atom is 0.391 e. The predicted octanol–water partition coefficient (Wildman–Crippen LogP) is 4.04. The van der Waals surface area contributed by atoms with Gasteiger partial charge in [0.2, 0.25) is 0 Å². The first-order valence-electron chi connectivity index (χ1n) is 6.08. The van der Waals surface area contributed by atoms with Gasteiger partial charge in [-0.3, -0.25) is 0 Å². The molecule has 1 saturated carbocycles. The fraction of sp³-hybridized carbons (Fsp3) is 0.538. The summed E-state index contributed by atoms with van der Waals surface area (Å²) in [6.07, 6.45) is -5.53. The van der Waals surface area contributed by atoms with Gasteiger partial charge < -0.3 is 5.11 Å². The molecule has 0 aliphatic heterocycles. The molecule has 20 heavy (non-hydrogen) atoms. The van der Waals surface area contributed by atoms with Crippen molar-refractivity contribution in [1.29, 1.82) is 0 Å². The Morgan fingerprint density at radius 2 is 1.75 bits per heavy atom. The number of halogens is 6. The second kappa shape index (κ2) is 4.95. The van der Waals surface area contributed by atoms with Crippen molar-refractivity contribution in [2.75, 3.05) is 0 Å². The maximum atomic E-state index is 13.7. The third-order valence-corrected chi connectivity index (χ3v) is 3.73. The van der Waals surface area contributed by atoms with Gasteiger partial charge in [0, 0.05) is 5.56 Å². The Bertz CT molecular complexity index is 512. The van der Waals surface area contributed by atoms with Crippen LogP contribution in [0.2, 0.25) is 0 Å². The molecule has 1 fully saturated rings. The van der Waals surface area contributed by atoms with Crippen molar-refractivity contribution >= 4 is 0 Å². The smallest absolute Gasteiger partial charge is 0.385 e. The van der Waals surface area contributed by atoms with Gasteiger partial charge in [0.25, 0.3) is 0 Å². The maximum absolute atomic E-state index is 13.7. The zero-order valence-corrected chi connectivity index (χ0v) is 10.3. The highest BCUT2D eigenvalue weighted by atomic mass is 19.4. The van der Waals surface area contributed by atoms with Crippen LogP contribution in [0.4, 0.5) is 26.3 Å². The number of hydrogen-bond donors (Lipinski definition) is 1. The Labute approximate surface area is 111 Å². The molecule has 0 amide bonds. The highest BCUT2D eigenvalue weighted by Crippen LogP contribution is 2.46. The van der Waals surface area contributed by atoms with E-state index in [-0.39, 0.29) is 19.3 Å². The number of aliphatic hydroxyl groups is 1. The van der Waals surface area contributed by atoms with Crippen LogP contribution in [0, 0.1) is 23.4 Å². The summed E-state index contributed by atoms with van der Waals surface area (Å²) in [5.74, 6) is -6.65. The fourth-order valence-electron chi connectivity index (χ4n) is 2.66. The first-order valence-corrected chi connectivity index (χ1v) is 6.08. The largest absolute Gasteiger partial charge is 0.391 e. The van der Waals surface area contributed by atoms with Gasteiger partial charge in [-0.25, -0.2) is 13.2 Å². The second-order valence-electron chi connectivity index (χ2n) is 5.09. The lowest BCUT2D eigenvalue weighted by molar-refractivity contribution is -0.202. The van der Waals surface area contributed by atoms with Crippen LogP contribution in [0.1, 0.15) is 31.2 Å². The van der Waals surface area contributed by atoms with Crippen LogP contribution in [-0.4, -0.2) is 11.3 Å². The number of rotatable bonds is 1. The number of hydrogen-bond acceptors (Lipinski definition) is 1. The van der Waals surface area contributed by atoms with Crippen molar-refractivity contribution < 1.29 is 31.4 Å². The van der Waals surface area contributed by atoms with E-state index in [0.717, 1.165) is 6.07 Å². The Balaban J connectivity index is 2.38. The number of alkyl halides is 3. The van der Waals surface area contributed by atoms with E-state index in [0.29, 0.717) is 6.07 Å². The summed E-state index contributed by atoms with van der Waals surface area (Å²) in [6.45, 7) is 0. The molecule has 0 spiro atoms. The second-order valence-corrected chi connectivity index (χ2v) is 5.09. The van der Waals surface area contributed by atoms with Crippen molar-refractivity contribution in [3.8, 4) is 0 Å². The van der Waals surface area contributed by atoms with Crippen molar-refractivity contribution in [3.63, 3.8) is 0 Å². The van der Waals surface area contributed by atoms with Crippen LogP contribution in [0.3, 0.4) is 0 Å². The van der Waals surface area contributed by atoms with E-state index in [1.807, 2.05) is 0 Å². The summed E-state index contributed by atoms with van der Waals surface area (Å²) in [7, 11) is 0. The topological polar surface area (TPSA) is 20.2 Å². The van der Waals surface area contributed by atoms with Crippen molar-refractivity contribution in [3.05, 3.63) is 35.1 Å². The summed E-state index contributed by atoms with van der Waals surface area (Å²) in [6, 6.07) is 1.40. The molecule has 2 unspecified atom stereocenters. The SMILES string of the molecule is OC1(c2ccc(F)c(F)c2F)CCCC(C(F)(F)F)C1. The van der Waals surface area contributed by atoms with E-state index in [4.69, 9.17) is 0 Å². The molecule has 0 saturated heterocycles. The third kappa shape index (κ3) is 2.63. The van der Waals surface area contributed by atoms with Crippen molar-refractivity contribution in [1.82, 2.24) is 0 Å². The van der Waals surface area contributed by atoms with E-state index in [1.54, 1.807) is 0 Å². The molecule has 112 valence electrons. The quantitative estimate of drug-likeness (QED) is 0.613. The zero-order valence-electron chi connectivity index (χ0n) is 10.3. The average molecular weight is 298 g/mol. The lowest BCUT2D eigenvalue weighted by Gasteiger charge is -2.38. The monoisotopic (exact) mass is 298 g/mol. The Kier molecular flexibility index (Phi) is 3.75. The molecule has 1 aliphatic carbocycles. The van der Waals surface area contributed by atoms with Crippen molar-refractivity contribution in [2.24, 2.45) is 5.92 Å². The molecular formula is C13H12F6O. The van der Waals surface area contributed by atoms with Gasteiger partial charge in [0.05, 0.1) is 11.5 Å². The van der Waals surface area contributed by atoms with E-state index >= 15 is 0 Å². The third-order valence-electron chi connectivity index (χ3n) is 3.73. The fourth-order valence-corrected chi connectivity index (χ4v) is 2.66. The van der Waals surface area contributed by atoms with Crippen LogP contribution in [0.15, 0.2) is 12.1 Å². The summed E-state index contributed by atoms with van der Waals surface area (Å²) in [5.41, 5.74) is -2.75. The van der Waals surface area contributed by atoms with Gasteiger partial charge in [0.1, 0.15) is 0 Å². The normalized spacial score (nSPS) is 27.6. The lowest BCUT2D eigenvalue weighted by atomic mass is 9.74. The van der Waals surface area contributed by atoms with Crippen LogP contribution >= 0.6 is 0 Å². The molecule has 1 nitrogen and oxygen atoms in total. The number of benzene rings is 1. The molecular weight excluding hydrogens is 286 g/mol. The Hall–Kier alpha value is -1.24. The molecule has 1 aromatic rings. The van der Waals surface area contributed by atoms with Gasteiger partial charge in [0.15, 0.2) is 17.5 Å². The molecule has 0 heterocycles. The summed E-state index contributed by atoms with van der Waals surface area (Å²) in [4.78, 5) is 0. The minimum absolute atomic E-state index is 0.0269. The van der Waals surface area contributed by atoms with Gasteiger partial charge in [-0.1, -0.05) is 6.07 Å².